The molecule has 18 heavy (non-hydrogen) atoms. The summed E-state index contributed by atoms with van der Waals surface area (Å²) in [5.41, 5.74) is 3.72. The van der Waals surface area contributed by atoms with E-state index < -0.39 is 9.84 Å². The van der Waals surface area contributed by atoms with Gasteiger partial charge in [-0.15, -0.1) is 0 Å². The van der Waals surface area contributed by atoms with Crippen molar-refractivity contribution in [2.45, 2.75) is 12.8 Å². The second-order valence-electron chi connectivity index (χ2n) is 5.01. The number of nitrogens with zero attached hydrogens (tertiary/aromatic N) is 1. The molecule has 3 rings (SSSR count). The number of aryl methyl sites for hydroxylation is 1. The molecule has 0 unspecified atom stereocenters. The number of nitrogens with one attached hydrogen (secondary N) is 1. The van der Waals surface area contributed by atoms with Crippen LogP contribution in [0.1, 0.15) is 12.0 Å². The highest BCUT2D eigenvalue weighted by Crippen LogP contribution is 2.28. The molecule has 0 bridgehead atoms. The van der Waals surface area contributed by atoms with Gasteiger partial charge in [-0.05, 0) is 30.5 Å². The predicted octanol–water partition coefficient (Wildman–Crippen LogP) is 1.28. The Morgan fingerprint density at radius 3 is 2.72 bits per heavy atom. The molecule has 0 spiro atoms. The molecule has 0 saturated carbocycles. The summed E-state index contributed by atoms with van der Waals surface area (Å²) in [5.74, 6) is 0.551. The summed E-state index contributed by atoms with van der Waals surface area (Å²) in [7, 11) is -2.80. The average Bonchev–Trinajstić information content (AvgIpc) is 2.38. The lowest BCUT2D eigenvalue weighted by atomic mass is 10.0. The van der Waals surface area contributed by atoms with Gasteiger partial charge in [0.15, 0.2) is 9.84 Å². The zero-order valence-corrected chi connectivity index (χ0v) is 11.2. The van der Waals surface area contributed by atoms with Crippen molar-refractivity contribution in [3.8, 4) is 0 Å². The summed E-state index contributed by atoms with van der Waals surface area (Å²) in [6, 6.07) is 6.44. The van der Waals surface area contributed by atoms with Gasteiger partial charge in [0, 0.05) is 31.0 Å². The van der Waals surface area contributed by atoms with Crippen LogP contribution in [0.2, 0.25) is 0 Å². The molecule has 0 aromatic heterocycles. The standard InChI is InChI=1S/C13H18N2O2S/c16-18(17)8-6-15(7-9-18)12-4-3-11-2-1-5-14-13(11)10-12/h3-4,10,14H,1-2,5-9H2. The van der Waals surface area contributed by atoms with E-state index in [1.54, 1.807) is 0 Å². The Hall–Kier alpha value is -1.23. The Morgan fingerprint density at radius 2 is 1.94 bits per heavy atom. The van der Waals surface area contributed by atoms with Crippen LogP contribution >= 0.6 is 0 Å². The minimum atomic E-state index is -2.80. The summed E-state index contributed by atoms with van der Waals surface area (Å²) in [6.45, 7) is 2.26. The van der Waals surface area contributed by atoms with Gasteiger partial charge in [-0.1, -0.05) is 6.07 Å². The lowest BCUT2D eigenvalue weighted by Gasteiger charge is -2.30. The smallest absolute Gasteiger partial charge is 0.153 e. The minimum absolute atomic E-state index is 0.275. The van der Waals surface area contributed by atoms with Gasteiger partial charge in [0.1, 0.15) is 0 Å². The van der Waals surface area contributed by atoms with E-state index in [0.29, 0.717) is 13.1 Å². The van der Waals surface area contributed by atoms with Crippen LogP contribution in [0.5, 0.6) is 0 Å². The number of hydrogen-bond acceptors (Lipinski definition) is 4. The molecule has 1 N–H and O–H groups in total. The zero-order valence-electron chi connectivity index (χ0n) is 10.4. The van der Waals surface area contributed by atoms with Crippen LogP contribution in [0.3, 0.4) is 0 Å². The Kier molecular flexibility index (Phi) is 2.93. The first-order valence-electron chi connectivity index (χ1n) is 6.46. The molecular weight excluding hydrogens is 248 g/mol. The second kappa shape index (κ2) is 4.46. The van der Waals surface area contributed by atoms with Crippen LogP contribution in [0.15, 0.2) is 18.2 Å². The fraction of sp³-hybridized carbons (Fsp3) is 0.538. The monoisotopic (exact) mass is 266 g/mol. The van der Waals surface area contributed by atoms with E-state index in [1.165, 1.54) is 17.7 Å². The van der Waals surface area contributed by atoms with Gasteiger partial charge in [-0.25, -0.2) is 8.42 Å². The first-order valence-corrected chi connectivity index (χ1v) is 8.28. The van der Waals surface area contributed by atoms with Crippen LogP contribution in [0, 0.1) is 0 Å². The number of fused-ring (bicyclic) bond motifs is 1. The molecule has 1 fully saturated rings. The van der Waals surface area contributed by atoms with Crippen molar-refractivity contribution in [3.63, 3.8) is 0 Å². The number of benzene rings is 1. The normalized spacial score (nSPS) is 22.1. The van der Waals surface area contributed by atoms with Crippen molar-refractivity contribution >= 4 is 21.2 Å². The van der Waals surface area contributed by atoms with Gasteiger partial charge in [0.05, 0.1) is 11.5 Å². The molecule has 1 aromatic rings. The lowest BCUT2D eigenvalue weighted by molar-refractivity contribution is 0.587. The molecule has 0 radical (unpaired) electrons. The SMILES string of the molecule is O=S1(=O)CCN(c2ccc3c(c2)NCCC3)CC1. The Balaban J connectivity index is 1.81. The summed E-state index contributed by atoms with van der Waals surface area (Å²) >= 11 is 0. The largest absolute Gasteiger partial charge is 0.385 e. The van der Waals surface area contributed by atoms with E-state index in [1.807, 2.05) is 0 Å². The zero-order chi connectivity index (χ0) is 12.6. The van der Waals surface area contributed by atoms with E-state index in [0.717, 1.165) is 18.7 Å². The molecule has 0 aliphatic carbocycles. The van der Waals surface area contributed by atoms with Gasteiger partial charge in [-0.2, -0.15) is 0 Å². The predicted molar refractivity (Wildman–Crippen MR) is 74.1 cm³/mol. The van der Waals surface area contributed by atoms with Crippen molar-refractivity contribution in [3.05, 3.63) is 23.8 Å². The Morgan fingerprint density at radius 1 is 1.17 bits per heavy atom. The van der Waals surface area contributed by atoms with Gasteiger partial charge < -0.3 is 10.2 Å². The van der Waals surface area contributed by atoms with E-state index in [9.17, 15) is 8.42 Å². The highest BCUT2D eigenvalue weighted by molar-refractivity contribution is 7.91. The summed E-state index contributed by atoms with van der Waals surface area (Å²) in [5, 5.41) is 3.41. The van der Waals surface area contributed by atoms with Crippen molar-refractivity contribution < 1.29 is 8.42 Å². The fourth-order valence-corrected chi connectivity index (χ4v) is 3.82. The van der Waals surface area contributed by atoms with Crippen molar-refractivity contribution in [1.82, 2.24) is 0 Å². The minimum Gasteiger partial charge on any atom is -0.385 e. The van der Waals surface area contributed by atoms with E-state index in [4.69, 9.17) is 0 Å². The van der Waals surface area contributed by atoms with Crippen LogP contribution in [0.4, 0.5) is 11.4 Å². The van der Waals surface area contributed by atoms with Gasteiger partial charge in [0.2, 0.25) is 0 Å². The Labute approximate surface area is 108 Å². The third-order valence-corrected chi connectivity index (χ3v) is 5.35. The van der Waals surface area contributed by atoms with E-state index in [-0.39, 0.29) is 11.5 Å². The highest BCUT2D eigenvalue weighted by atomic mass is 32.2. The molecule has 2 aliphatic rings. The van der Waals surface area contributed by atoms with Gasteiger partial charge in [0.25, 0.3) is 0 Å². The molecule has 4 nitrogen and oxygen atoms in total. The first-order chi connectivity index (χ1) is 8.64. The van der Waals surface area contributed by atoms with Crippen LogP contribution < -0.4 is 10.2 Å². The summed E-state index contributed by atoms with van der Waals surface area (Å²) < 4.78 is 22.8. The first kappa shape index (κ1) is 11.8. The Bertz CT molecular complexity index is 540. The summed E-state index contributed by atoms with van der Waals surface area (Å²) in [4.78, 5) is 2.16. The molecule has 0 amide bonds. The number of rotatable bonds is 1. The quantitative estimate of drug-likeness (QED) is 0.832. The van der Waals surface area contributed by atoms with Gasteiger partial charge >= 0.3 is 0 Å². The molecule has 5 heteroatoms. The van der Waals surface area contributed by atoms with Crippen LogP contribution in [-0.2, 0) is 16.3 Å². The maximum absolute atomic E-state index is 11.4. The topological polar surface area (TPSA) is 49.4 Å². The van der Waals surface area contributed by atoms with E-state index >= 15 is 0 Å². The summed E-state index contributed by atoms with van der Waals surface area (Å²) in [6.07, 6.45) is 2.32. The van der Waals surface area contributed by atoms with Crippen molar-refractivity contribution in [1.29, 1.82) is 0 Å². The maximum atomic E-state index is 11.4. The lowest BCUT2D eigenvalue weighted by Crippen LogP contribution is -2.40. The fourth-order valence-electron chi connectivity index (χ4n) is 2.62. The van der Waals surface area contributed by atoms with Crippen LogP contribution in [0.25, 0.3) is 0 Å². The third-order valence-electron chi connectivity index (χ3n) is 3.74. The molecule has 98 valence electrons. The molecular formula is C13H18N2O2S. The molecule has 2 aliphatic heterocycles. The molecule has 2 heterocycles. The number of hydrogen-bond donors (Lipinski definition) is 1. The van der Waals surface area contributed by atoms with Gasteiger partial charge in [-0.3, -0.25) is 0 Å². The molecule has 1 aromatic carbocycles. The van der Waals surface area contributed by atoms with Crippen molar-refractivity contribution in [2.24, 2.45) is 0 Å². The maximum Gasteiger partial charge on any atom is 0.153 e. The second-order valence-corrected chi connectivity index (χ2v) is 7.31. The third kappa shape index (κ3) is 2.32. The van der Waals surface area contributed by atoms with Crippen molar-refractivity contribution in [2.75, 3.05) is 41.4 Å². The number of sulfone groups is 1. The number of anilines is 2. The molecule has 0 atom stereocenters. The average molecular weight is 266 g/mol. The van der Waals surface area contributed by atoms with Crippen LogP contribution in [-0.4, -0.2) is 39.6 Å². The van der Waals surface area contributed by atoms with E-state index in [2.05, 4.69) is 28.4 Å². The highest BCUT2D eigenvalue weighted by Gasteiger charge is 2.22. The molecule has 1 saturated heterocycles.